The van der Waals surface area contributed by atoms with Gasteiger partial charge < -0.3 is 5.32 Å². The molecular weight excluding hydrogens is 325 g/mol. The zero-order chi connectivity index (χ0) is 17.8. The van der Waals surface area contributed by atoms with E-state index in [1.807, 2.05) is 19.2 Å². The molecule has 1 amide bonds. The second kappa shape index (κ2) is 7.25. The summed E-state index contributed by atoms with van der Waals surface area (Å²) in [6, 6.07) is 5.65. The number of benzene rings is 1. The highest BCUT2D eigenvalue weighted by Crippen LogP contribution is 2.08. The van der Waals surface area contributed by atoms with Gasteiger partial charge in [-0.2, -0.15) is 5.10 Å². The molecule has 7 nitrogen and oxygen atoms in total. The van der Waals surface area contributed by atoms with Gasteiger partial charge in [0.15, 0.2) is 0 Å². The molecule has 25 heavy (non-hydrogen) atoms. The molecule has 0 radical (unpaired) electrons. The van der Waals surface area contributed by atoms with E-state index >= 15 is 0 Å². The van der Waals surface area contributed by atoms with Crippen LogP contribution in [0, 0.1) is 11.7 Å². The number of carbonyl (C=O) groups is 1. The number of hydrogen-bond acceptors (Lipinski definition) is 4. The van der Waals surface area contributed by atoms with Crippen LogP contribution in [-0.4, -0.2) is 31.8 Å². The molecule has 1 aromatic carbocycles. The van der Waals surface area contributed by atoms with Crippen LogP contribution in [0.3, 0.4) is 0 Å². The molecule has 0 bridgehead atoms. The van der Waals surface area contributed by atoms with Crippen LogP contribution in [0.4, 0.5) is 4.39 Å². The van der Waals surface area contributed by atoms with Gasteiger partial charge in [-0.05, 0) is 30.2 Å². The van der Waals surface area contributed by atoms with Crippen LogP contribution >= 0.6 is 0 Å². The molecule has 3 aromatic rings. The molecule has 0 unspecified atom stereocenters. The number of halogens is 1. The first kappa shape index (κ1) is 16.8. The Morgan fingerprint density at radius 3 is 3.00 bits per heavy atom. The van der Waals surface area contributed by atoms with Gasteiger partial charge >= 0.3 is 0 Å². The molecule has 0 aliphatic carbocycles. The van der Waals surface area contributed by atoms with Gasteiger partial charge in [-0.25, -0.2) is 9.37 Å². The summed E-state index contributed by atoms with van der Waals surface area (Å²) in [5.41, 5.74) is -0.0415. The maximum atomic E-state index is 13.3. The summed E-state index contributed by atoms with van der Waals surface area (Å²) in [6.07, 6.45) is 4.86. The maximum Gasteiger partial charge on any atom is 0.261 e. The molecule has 0 aliphatic rings. The zero-order valence-corrected chi connectivity index (χ0v) is 13.7. The lowest BCUT2D eigenvalue weighted by molar-refractivity contribution is -0.121. The van der Waals surface area contributed by atoms with Crippen molar-refractivity contribution in [3.63, 3.8) is 0 Å². The van der Waals surface area contributed by atoms with Crippen LogP contribution in [0.15, 0.2) is 47.8 Å². The molecule has 0 fully saturated rings. The lowest BCUT2D eigenvalue weighted by Gasteiger charge is -2.13. The minimum atomic E-state index is -0.513. The molecule has 0 saturated heterocycles. The van der Waals surface area contributed by atoms with Gasteiger partial charge in [0.2, 0.25) is 5.91 Å². The summed E-state index contributed by atoms with van der Waals surface area (Å²) in [5.74, 6) is -0.627. The van der Waals surface area contributed by atoms with E-state index in [1.165, 1.54) is 23.0 Å². The van der Waals surface area contributed by atoms with Gasteiger partial charge in [-0.1, -0.05) is 6.92 Å². The molecule has 0 saturated carbocycles. The fourth-order valence-electron chi connectivity index (χ4n) is 2.53. The van der Waals surface area contributed by atoms with Gasteiger partial charge in [-0.3, -0.25) is 18.8 Å². The molecule has 1 atom stereocenters. The van der Waals surface area contributed by atoms with Crippen LogP contribution in [0.5, 0.6) is 0 Å². The van der Waals surface area contributed by atoms with Crippen molar-refractivity contribution in [1.82, 2.24) is 24.6 Å². The number of carbonyl (C=O) groups excluding carboxylic acids is 1. The molecule has 0 spiro atoms. The Hall–Kier alpha value is -3.03. The SMILES string of the molecule is C[C@H](CNC(=O)Cn1cnc2ccc(F)cc2c1=O)Cn1cccn1. The molecule has 2 aromatic heterocycles. The predicted molar refractivity (Wildman–Crippen MR) is 90.4 cm³/mol. The number of hydrogen-bond donors (Lipinski definition) is 1. The van der Waals surface area contributed by atoms with E-state index in [4.69, 9.17) is 0 Å². The third kappa shape index (κ3) is 4.09. The van der Waals surface area contributed by atoms with Crippen molar-refractivity contribution in [1.29, 1.82) is 0 Å². The minimum absolute atomic E-state index is 0.155. The third-order valence-corrected chi connectivity index (χ3v) is 3.81. The van der Waals surface area contributed by atoms with E-state index in [2.05, 4.69) is 15.4 Å². The molecule has 3 rings (SSSR count). The van der Waals surface area contributed by atoms with E-state index in [1.54, 1.807) is 10.9 Å². The second-order valence-corrected chi connectivity index (χ2v) is 5.98. The molecule has 1 N–H and O–H groups in total. The van der Waals surface area contributed by atoms with E-state index < -0.39 is 11.4 Å². The molecule has 0 aliphatic heterocycles. The molecule has 130 valence electrons. The molecular formula is C17H18FN5O2. The molecule has 2 heterocycles. The summed E-state index contributed by atoms with van der Waals surface area (Å²) >= 11 is 0. The van der Waals surface area contributed by atoms with Gasteiger partial charge in [0.25, 0.3) is 5.56 Å². The topological polar surface area (TPSA) is 81.8 Å². The number of aromatic nitrogens is 4. The highest BCUT2D eigenvalue weighted by molar-refractivity contribution is 5.78. The largest absolute Gasteiger partial charge is 0.354 e. The summed E-state index contributed by atoms with van der Waals surface area (Å²) in [7, 11) is 0. The van der Waals surface area contributed by atoms with Gasteiger partial charge in [0.1, 0.15) is 12.4 Å². The van der Waals surface area contributed by atoms with Crippen molar-refractivity contribution >= 4 is 16.8 Å². The Morgan fingerprint density at radius 2 is 2.24 bits per heavy atom. The average Bonchev–Trinajstić information content (AvgIpc) is 3.09. The standard InChI is InChI=1S/C17H18FN5O2/c1-12(9-23-6-2-5-21-23)8-19-16(24)10-22-11-20-15-4-3-13(18)7-14(15)17(22)25/h2-7,11-12H,8-10H2,1H3,(H,19,24)/t12-/m1/s1. The number of nitrogens with one attached hydrogen (secondary N) is 1. The first-order valence-electron chi connectivity index (χ1n) is 7.92. The Kier molecular flexibility index (Phi) is 4.87. The van der Waals surface area contributed by atoms with E-state index in [0.717, 1.165) is 6.07 Å². The van der Waals surface area contributed by atoms with Crippen molar-refractivity contribution in [2.45, 2.75) is 20.0 Å². The Bertz CT molecular complexity index is 936. The number of rotatable bonds is 6. The zero-order valence-electron chi connectivity index (χ0n) is 13.7. The van der Waals surface area contributed by atoms with E-state index in [-0.39, 0.29) is 23.8 Å². The van der Waals surface area contributed by atoms with Crippen molar-refractivity contribution in [3.05, 3.63) is 59.2 Å². The van der Waals surface area contributed by atoms with Crippen LogP contribution in [0.2, 0.25) is 0 Å². The van der Waals surface area contributed by atoms with E-state index in [9.17, 15) is 14.0 Å². The summed E-state index contributed by atoms with van der Waals surface area (Å²) in [5, 5.41) is 7.06. The summed E-state index contributed by atoms with van der Waals surface area (Å²) in [4.78, 5) is 28.5. The quantitative estimate of drug-likeness (QED) is 0.729. The van der Waals surface area contributed by atoms with Crippen molar-refractivity contribution in [2.75, 3.05) is 6.54 Å². The van der Waals surface area contributed by atoms with Crippen molar-refractivity contribution < 1.29 is 9.18 Å². The normalized spacial score (nSPS) is 12.2. The highest BCUT2D eigenvalue weighted by atomic mass is 19.1. The smallest absolute Gasteiger partial charge is 0.261 e. The maximum absolute atomic E-state index is 13.3. The monoisotopic (exact) mass is 343 g/mol. The fraction of sp³-hybridized carbons (Fsp3) is 0.294. The van der Waals surface area contributed by atoms with Crippen molar-refractivity contribution in [2.24, 2.45) is 5.92 Å². The minimum Gasteiger partial charge on any atom is -0.354 e. The predicted octanol–water partition coefficient (Wildman–Crippen LogP) is 1.18. The average molecular weight is 343 g/mol. The van der Waals surface area contributed by atoms with Crippen LogP contribution in [-0.2, 0) is 17.9 Å². The first-order chi connectivity index (χ1) is 12.0. The fourth-order valence-corrected chi connectivity index (χ4v) is 2.53. The first-order valence-corrected chi connectivity index (χ1v) is 7.92. The van der Waals surface area contributed by atoms with Crippen LogP contribution in [0.25, 0.3) is 10.9 Å². The number of nitrogens with zero attached hydrogens (tertiary/aromatic N) is 4. The number of amides is 1. The third-order valence-electron chi connectivity index (χ3n) is 3.81. The Morgan fingerprint density at radius 1 is 1.40 bits per heavy atom. The summed E-state index contributed by atoms with van der Waals surface area (Å²) in [6.45, 7) is 2.98. The lowest BCUT2D eigenvalue weighted by Crippen LogP contribution is -2.35. The lowest BCUT2D eigenvalue weighted by atomic mass is 10.2. The molecule has 8 heteroatoms. The van der Waals surface area contributed by atoms with Crippen molar-refractivity contribution in [3.8, 4) is 0 Å². The Labute approximate surface area is 143 Å². The summed E-state index contributed by atoms with van der Waals surface area (Å²) < 4.78 is 16.3. The van der Waals surface area contributed by atoms with Gasteiger partial charge in [-0.15, -0.1) is 0 Å². The van der Waals surface area contributed by atoms with Gasteiger partial charge in [0.05, 0.1) is 17.2 Å². The van der Waals surface area contributed by atoms with E-state index in [0.29, 0.717) is 18.6 Å². The number of fused-ring (bicyclic) bond motifs is 1. The highest BCUT2D eigenvalue weighted by Gasteiger charge is 2.10. The second-order valence-electron chi connectivity index (χ2n) is 5.98. The Balaban J connectivity index is 1.62. The van der Waals surface area contributed by atoms with Gasteiger partial charge in [0, 0.05) is 25.5 Å². The van der Waals surface area contributed by atoms with Crippen LogP contribution in [0.1, 0.15) is 6.92 Å². The van der Waals surface area contributed by atoms with Crippen LogP contribution < -0.4 is 10.9 Å².